The van der Waals surface area contributed by atoms with Gasteiger partial charge in [0.15, 0.2) is 5.65 Å². The van der Waals surface area contributed by atoms with Crippen LogP contribution in [0, 0.1) is 18.7 Å². The van der Waals surface area contributed by atoms with Gasteiger partial charge >= 0.3 is 0 Å². The average Bonchev–Trinajstić information content (AvgIpc) is 3.12. The first-order valence-electron chi connectivity index (χ1n) is 11.7. The Bertz CT molecular complexity index is 1360. The lowest BCUT2D eigenvalue weighted by Gasteiger charge is -2.31. The molecule has 2 aromatic carbocycles. The number of aromatic nitrogens is 4. The smallest absolute Gasteiger partial charge is 0.235 e. The normalized spacial score (nSPS) is 15.8. The maximum absolute atomic E-state index is 14.5. The number of piperidine rings is 1. The minimum atomic E-state index is -0.306. The highest BCUT2D eigenvalue weighted by Crippen LogP contribution is 2.30. The van der Waals surface area contributed by atoms with Crippen molar-refractivity contribution >= 4 is 39.7 Å². The second kappa shape index (κ2) is 9.33. The molecule has 176 valence electrons. The van der Waals surface area contributed by atoms with Gasteiger partial charge in [0, 0.05) is 24.0 Å². The van der Waals surface area contributed by atoms with E-state index >= 15 is 0 Å². The van der Waals surface area contributed by atoms with Crippen LogP contribution < -0.4 is 0 Å². The molecule has 0 N–H and O–H groups in total. The van der Waals surface area contributed by atoms with E-state index in [9.17, 15) is 9.18 Å². The van der Waals surface area contributed by atoms with E-state index in [2.05, 4.69) is 23.2 Å². The molecular weight excluding hydrogens is 449 g/mol. The van der Waals surface area contributed by atoms with Crippen LogP contribution in [0.2, 0.25) is 0 Å². The van der Waals surface area contributed by atoms with Crippen LogP contribution in [0.3, 0.4) is 0 Å². The fourth-order valence-electron chi connectivity index (χ4n) is 4.56. The Hall–Kier alpha value is -3.00. The molecule has 2 aromatic heterocycles. The van der Waals surface area contributed by atoms with Crippen LogP contribution in [0.5, 0.6) is 0 Å². The van der Waals surface area contributed by atoms with Gasteiger partial charge in [-0.2, -0.15) is 0 Å². The van der Waals surface area contributed by atoms with Crippen LogP contribution in [0.1, 0.15) is 37.8 Å². The fraction of sp³-hybridized carbons (Fsp3) is 0.385. The molecule has 1 unspecified atom stereocenters. The van der Waals surface area contributed by atoms with Crippen molar-refractivity contribution in [3.63, 3.8) is 0 Å². The number of likely N-dealkylation sites (tertiary alicyclic amines) is 1. The third kappa shape index (κ3) is 4.39. The number of fused-ring (bicyclic) bond motifs is 3. The van der Waals surface area contributed by atoms with Gasteiger partial charge in [-0.3, -0.25) is 4.79 Å². The third-order valence-electron chi connectivity index (χ3n) is 6.61. The lowest BCUT2D eigenvalue weighted by atomic mass is 9.99. The Balaban J connectivity index is 1.49. The second-order valence-electron chi connectivity index (χ2n) is 9.23. The number of benzene rings is 2. The maximum atomic E-state index is 14.5. The predicted molar refractivity (Wildman–Crippen MR) is 133 cm³/mol. The molecule has 0 spiro atoms. The highest BCUT2D eigenvalue weighted by molar-refractivity contribution is 8.00. The van der Waals surface area contributed by atoms with Gasteiger partial charge in [-0.15, -0.1) is 10.2 Å². The molecule has 5 rings (SSSR count). The molecule has 0 saturated carbocycles. The minimum Gasteiger partial charge on any atom is -0.342 e. The van der Waals surface area contributed by atoms with Crippen molar-refractivity contribution in [2.45, 2.75) is 50.6 Å². The number of rotatable bonds is 5. The molecule has 6 nitrogen and oxygen atoms in total. The van der Waals surface area contributed by atoms with Crippen molar-refractivity contribution in [1.82, 2.24) is 24.6 Å². The summed E-state index contributed by atoms with van der Waals surface area (Å²) in [5.74, 6) is 0.529. The van der Waals surface area contributed by atoms with Crippen LogP contribution in [-0.4, -0.2) is 48.9 Å². The molecule has 34 heavy (non-hydrogen) atoms. The van der Waals surface area contributed by atoms with Gasteiger partial charge in [-0.1, -0.05) is 48.5 Å². The number of hydrogen-bond acceptors (Lipinski definition) is 5. The zero-order chi connectivity index (χ0) is 23.8. The van der Waals surface area contributed by atoms with E-state index in [1.807, 2.05) is 41.5 Å². The predicted octanol–water partition coefficient (Wildman–Crippen LogP) is 5.21. The number of amides is 1. The topological polar surface area (TPSA) is 63.9 Å². The van der Waals surface area contributed by atoms with Crippen molar-refractivity contribution < 1.29 is 9.18 Å². The lowest BCUT2D eigenvalue weighted by molar-refractivity contribution is -0.131. The van der Waals surface area contributed by atoms with Gasteiger partial charge in [0.1, 0.15) is 11.3 Å². The van der Waals surface area contributed by atoms with Crippen molar-refractivity contribution in [3.8, 4) is 0 Å². The molecule has 1 amide bonds. The molecule has 4 aromatic rings. The van der Waals surface area contributed by atoms with Crippen molar-refractivity contribution in [2.75, 3.05) is 13.1 Å². The highest BCUT2D eigenvalue weighted by atomic mass is 32.2. The number of carbonyl (C=O) groups is 1. The van der Waals surface area contributed by atoms with E-state index in [1.165, 1.54) is 17.8 Å². The summed E-state index contributed by atoms with van der Waals surface area (Å²) < 4.78 is 16.5. The van der Waals surface area contributed by atoms with E-state index in [0.717, 1.165) is 42.4 Å². The molecule has 8 heteroatoms. The van der Waals surface area contributed by atoms with Crippen LogP contribution >= 0.6 is 11.8 Å². The Morgan fingerprint density at radius 3 is 2.71 bits per heavy atom. The molecule has 0 aliphatic carbocycles. The Morgan fingerprint density at radius 1 is 1.18 bits per heavy atom. The van der Waals surface area contributed by atoms with Crippen molar-refractivity contribution in [1.29, 1.82) is 0 Å². The zero-order valence-corrected chi connectivity index (χ0v) is 20.5. The lowest BCUT2D eigenvalue weighted by Crippen LogP contribution is -2.41. The molecule has 1 saturated heterocycles. The van der Waals surface area contributed by atoms with Gasteiger partial charge in [-0.05, 0) is 50.8 Å². The first-order chi connectivity index (χ1) is 16.4. The number of carbonyl (C=O) groups excluding carboxylic acids is 1. The Kier molecular flexibility index (Phi) is 6.25. The quantitative estimate of drug-likeness (QED) is 0.369. The summed E-state index contributed by atoms with van der Waals surface area (Å²) in [7, 11) is 0. The van der Waals surface area contributed by atoms with E-state index in [1.54, 1.807) is 12.1 Å². The van der Waals surface area contributed by atoms with Gasteiger partial charge in [0.05, 0.1) is 17.3 Å². The van der Waals surface area contributed by atoms with Crippen molar-refractivity contribution in [3.05, 3.63) is 59.4 Å². The number of halogens is 1. The Labute approximate surface area is 202 Å². The van der Waals surface area contributed by atoms with Crippen LogP contribution in [0.15, 0.2) is 47.6 Å². The summed E-state index contributed by atoms with van der Waals surface area (Å²) in [6.07, 6.45) is 2.09. The standard InChI is InChI=1S/C26H28FN5OS/c1-16-10-12-31(13-11-16)25(33)18(3)34-26-28-24-23(29-30-26)20-14-17(2)8-9-22(20)32(24)15-19-6-4-5-7-21(19)27/h4-9,14,16,18H,10-13,15H2,1-3H3. The molecule has 0 radical (unpaired) electrons. The molecule has 1 fully saturated rings. The van der Waals surface area contributed by atoms with Crippen molar-refractivity contribution in [2.24, 2.45) is 5.92 Å². The summed E-state index contributed by atoms with van der Waals surface area (Å²) in [4.78, 5) is 19.7. The van der Waals surface area contributed by atoms with Gasteiger partial charge in [0.25, 0.3) is 0 Å². The number of thioether (sulfide) groups is 1. The summed E-state index contributed by atoms with van der Waals surface area (Å²) in [5.41, 5.74) is 3.95. The first-order valence-corrected chi connectivity index (χ1v) is 12.6. The molecule has 3 heterocycles. The van der Waals surface area contributed by atoms with E-state index in [4.69, 9.17) is 4.98 Å². The minimum absolute atomic E-state index is 0.114. The summed E-state index contributed by atoms with van der Waals surface area (Å²) in [5, 5.41) is 9.93. The third-order valence-corrected chi connectivity index (χ3v) is 7.55. The molecule has 1 atom stereocenters. The highest BCUT2D eigenvalue weighted by Gasteiger charge is 2.26. The number of nitrogens with zero attached hydrogens (tertiary/aromatic N) is 5. The summed E-state index contributed by atoms with van der Waals surface area (Å²) in [6.45, 7) is 8.10. The average molecular weight is 478 g/mol. The molecular formula is C26H28FN5OS. The maximum Gasteiger partial charge on any atom is 0.235 e. The molecule has 1 aliphatic heterocycles. The summed E-state index contributed by atoms with van der Waals surface area (Å²) >= 11 is 1.33. The van der Waals surface area contributed by atoms with Gasteiger partial charge < -0.3 is 9.47 Å². The zero-order valence-electron chi connectivity index (χ0n) is 19.7. The van der Waals surface area contributed by atoms with E-state index < -0.39 is 0 Å². The van der Waals surface area contributed by atoms with Gasteiger partial charge in [0.2, 0.25) is 11.1 Å². The van der Waals surface area contributed by atoms with E-state index in [0.29, 0.717) is 34.3 Å². The SMILES string of the molecule is Cc1ccc2c(c1)c1nnc(SC(C)C(=O)N3CCC(C)CC3)nc1n2Cc1ccccc1F. The number of aryl methyl sites for hydroxylation is 1. The van der Waals surface area contributed by atoms with Crippen LogP contribution in [0.25, 0.3) is 22.1 Å². The molecule has 0 bridgehead atoms. The largest absolute Gasteiger partial charge is 0.342 e. The summed E-state index contributed by atoms with van der Waals surface area (Å²) in [6, 6.07) is 12.9. The number of hydrogen-bond donors (Lipinski definition) is 0. The van der Waals surface area contributed by atoms with Crippen LogP contribution in [0.4, 0.5) is 4.39 Å². The van der Waals surface area contributed by atoms with E-state index in [-0.39, 0.29) is 17.0 Å². The van der Waals surface area contributed by atoms with Crippen LogP contribution in [-0.2, 0) is 11.3 Å². The molecule has 1 aliphatic rings. The Morgan fingerprint density at radius 2 is 1.94 bits per heavy atom. The fourth-order valence-corrected chi connectivity index (χ4v) is 5.35. The van der Waals surface area contributed by atoms with Gasteiger partial charge in [-0.25, -0.2) is 9.37 Å². The first kappa shape index (κ1) is 22.8. The monoisotopic (exact) mass is 477 g/mol. The second-order valence-corrected chi connectivity index (χ2v) is 10.5.